The molecule has 0 amide bonds. The molecule has 0 saturated heterocycles. The molecule has 0 bridgehead atoms. The minimum Gasteiger partial charge on any atom is -0.357 e. The van der Waals surface area contributed by atoms with Gasteiger partial charge in [-0.25, -0.2) is 4.99 Å². The summed E-state index contributed by atoms with van der Waals surface area (Å²) in [7, 11) is 0. The maximum atomic E-state index is 12.8. The molecule has 0 aliphatic heterocycles. The normalized spacial score (nSPS) is 11.5. The maximum absolute atomic E-state index is 12.8. The van der Waals surface area contributed by atoms with Gasteiger partial charge in [0.2, 0.25) is 0 Å². The van der Waals surface area contributed by atoms with Crippen molar-refractivity contribution in [2.45, 2.75) is 26.2 Å². The summed E-state index contributed by atoms with van der Waals surface area (Å²) in [5.74, 6) is 0.404. The zero-order valence-corrected chi connectivity index (χ0v) is 17.3. The molecule has 0 heterocycles. The molecule has 2 rings (SSSR count). The Bertz CT molecular complexity index is 828. The van der Waals surface area contributed by atoms with Crippen LogP contribution in [-0.4, -0.2) is 17.4 Å². The van der Waals surface area contributed by atoms with Gasteiger partial charge in [-0.15, -0.1) is 24.0 Å². The zero-order valence-electron chi connectivity index (χ0n) is 15.0. The van der Waals surface area contributed by atoms with Gasteiger partial charge < -0.3 is 10.6 Å². The lowest BCUT2D eigenvalue weighted by molar-refractivity contribution is -0.384. The molecule has 2 aromatic carbocycles. The first kappa shape index (κ1) is 23.7. The van der Waals surface area contributed by atoms with Crippen molar-refractivity contribution in [2.75, 3.05) is 6.54 Å². The van der Waals surface area contributed by atoms with Crippen molar-refractivity contribution in [3.05, 3.63) is 75.3 Å². The van der Waals surface area contributed by atoms with Crippen LogP contribution in [0.2, 0.25) is 0 Å². The first-order chi connectivity index (χ1) is 12.8. The van der Waals surface area contributed by atoms with E-state index in [1.54, 1.807) is 18.2 Å². The lowest BCUT2D eigenvalue weighted by atomic mass is 10.1. The van der Waals surface area contributed by atoms with Crippen molar-refractivity contribution in [2.24, 2.45) is 4.99 Å². The predicted octanol–water partition coefficient (Wildman–Crippen LogP) is 4.49. The minimum absolute atomic E-state index is 0. The van der Waals surface area contributed by atoms with E-state index in [1.165, 1.54) is 18.2 Å². The second-order valence-electron chi connectivity index (χ2n) is 5.67. The number of guanidine groups is 1. The molecule has 0 saturated carbocycles. The SMILES string of the molecule is CCNC(=NCc1cccc([N+](=O)[O-])c1)NCc1cccc(C(F)(F)F)c1.I. The molecule has 0 fully saturated rings. The second-order valence-corrected chi connectivity index (χ2v) is 5.67. The van der Waals surface area contributed by atoms with Crippen molar-refractivity contribution >= 4 is 35.6 Å². The van der Waals surface area contributed by atoms with E-state index in [0.29, 0.717) is 23.6 Å². The minimum atomic E-state index is -4.39. The van der Waals surface area contributed by atoms with Crippen LogP contribution in [0.1, 0.15) is 23.6 Å². The van der Waals surface area contributed by atoms with E-state index in [-0.39, 0.29) is 42.8 Å². The van der Waals surface area contributed by atoms with Gasteiger partial charge in [0, 0.05) is 25.2 Å². The fourth-order valence-corrected chi connectivity index (χ4v) is 2.32. The summed E-state index contributed by atoms with van der Waals surface area (Å²) in [6, 6.07) is 11.2. The number of nitrogens with zero attached hydrogens (tertiary/aromatic N) is 2. The van der Waals surface area contributed by atoms with Crippen LogP contribution >= 0.6 is 24.0 Å². The topological polar surface area (TPSA) is 79.6 Å². The summed E-state index contributed by atoms with van der Waals surface area (Å²) in [5.41, 5.74) is 0.385. The van der Waals surface area contributed by atoms with Gasteiger partial charge in [-0.05, 0) is 30.2 Å². The lowest BCUT2D eigenvalue weighted by Gasteiger charge is -2.13. The van der Waals surface area contributed by atoms with Gasteiger partial charge in [-0.1, -0.05) is 24.3 Å². The largest absolute Gasteiger partial charge is 0.416 e. The Morgan fingerprint density at radius 2 is 1.79 bits per heavy atom. The van der Waals surface area contributed by atoms with Gasteiger partial charge >= 0.3 is 6.18 Å². The van der Waals surface area contributed by atoms with Crippen molar-refractivity contribution in [3.8, 4) is 0 Å². The molecule has 28 heavy (non-hydrogen) atoms. The van der Waals surface area contributed by atoms with Crippen LogP contribution in [0.5, 0.6) is 0 Å². The summed E-state index contributed by atoms with van der Waals surface area (Å²) in [5, 5.41) is 16.8. The van der Waals surface area contributed by atoms with Gasteiger partial charge in [0.25, 0.3) is 5.69 Å². The van der Waals surface area contributed by atoms with Crippen molar-refractivity contribution < 1.29 is 18.1 Å². The molecule has 6 nitrogen and oxygen atoms in total. The van der Waals surface area contributed by atoms with Crippen molar-refractivity contribution in [3.63, 3.8) is 0 Å². The average molecular weight is 508 g/mol. The number of alkyl halides is 3. The fraction of sp³-hybridized carbons (Fsp3) is 0.278. The Morgan fingerprint density at radius 3 is 2.43 bits per heavy atom. The first-order valence-corrected chi connectivity index (χ1v) is 8.21. The zero-order chi connectivity index (χ0) is 19.9. The average Bonchev–Trinajstić information content (AvgIpc) is 2.64. The third kappa shape index (κ3) is 7.33. The fourth-order valence-electron chi connectivity index (χ4n) is 2.32. The number of rotatable bonds is 6. The number of benzene rings is 2. The molecule has 152 valence electrons. The summed E-state index contributed by atoms with van der Waals surface area (Å²) < 4.78 is 38.3. The molecule has 0 aliphatic carbocycles. The van der Waals surface area contributed by atoms with E-state index in [4.69, 9.17) is 0 Å². The van der Waals surface area contributed by atoms with E-state index in [0.717, 1.165) is 12.1 Å². The Labute approximate surface area is 177 Å². The number of nitro benzene ring substituents is 1. The number of halogens is 4. The molecule has 0 unspecified atom stereocenters. The molecular weight excluding hydrogens is 488 g/mol. The number of non-ortho nitro benzene ring substituents is 1. The maximum Gasteiger partial charge on any atom is 0.416 e. The quantitative estimate of drug-likeness (QED) is 0.198. The number of hydrogen-bond acceptors (Lipinski definition) is 3. The number of nitrogens with one attached hydrogen (secondary N) is 2. The van der Waals surface area contributed by atoms with Crippen LogP contribution in [-0.2, 0) is 19.3 Å². The molecule has 0 spiro atoms. The van der Waals surface area contributed by atoms with Crippen LogP contribution in [0.25, 0.3) is 0 Å². The monoisotopic (exact) mass is 508 g/mol. The van der Waals surface area contributed by atoms with Gasteiger partial charge in [0.15, 0.2) is 5.96 Å². The standard InChI is InChI=1S/C18H19F3N4O2.HI/c1-2-22-17(24-12-14-6-4-8-16(10-14)25(26)27)23-11-13-5-3-7-15(9-13)18(19,20)21;/h3-10H,2,11-12H2,1H3,(H2,22,23,24);1H. The van der Waals surface area contributed by atoms with E-state index in [1.807, 2.05) is 6.92 Å². The number of aliphatic imine (C=N–C) groups is 1. The van der Waals surface area contributed by atoms with E-state index < -0.39 is 16.7 Å². The van der Waals surface area contributed by atoms with E-state index in [2.05, 4.69) is 15.6 Å². The van der Waals surface area contributed by atoms with Gasteiger partial charge in [0.05, 0.1) is 17.0 Å². The third-order valence-electron chi connectivity index (χ3n) is 3.60. The molecular formula is C18H20F3IN4O2. The van der Waals surface area contributed by atoms with Crippen molar-refractivity contribution in [1.82, 2.24) is 10.6 Å². The van der Waals surface area contributed by atoms with Crippen LogP contribution in [0.3, 0.4) is 0 Å². The van der Waals surface area contributed by atoms with Crippen LogP contribution in [0.4, 0.5) is 18.9 Å². The Morgan fingerprint density at radius 1 is 1.11 bits per heavy atom. The molecule has 2 N–H and O–H groups in total. The summed E-state index contributed by atoms with van der Waals surface area (Å²) >= 11 is 0. The molecule has 10 heteroatoms. The summed E-state index contributed by atoms with van der Waals surface area (Å²) in [6.07, 6.45) is -4.39. The van der Waals surface area contributed by atoms with Gasteiger partial charge in [-0.3, -0.25) is 10.1 Å². The Kier molecular flexibility index (Phi) is 9.16. The highest BCUT2D eigenvalue weighted by atomic mass is 127. The predicted molar refractivity (Wildman–Crippen MR) is 112 cm³/mol. The first-order valence-electron chi connectivity index (χ1n) is 8.21. The number of hydrogen-bond donors (Lipinski definition) is 2. The van der Waals surface area contributed by atoms with Gasteiger partial charge in [0.1, 0.15) is 0 Å². The third-order valence-corrected chi connectivity index (χ3v) is 3.60. The Balaban J connectivity index is 0.00000392. The highest BCUT2D eigenvalue weighted by Crippen LogP contribution is 2.29. The smallest absolute Gasteiger partial charge is 0.357 e. The van der Waals surface area contributed by atoms with E-state index >= 15 is 0 Å². The summed E-state index contributed by atoms with van der Waals surface area (Å²) in [4.78, 5) is 14.7. The van der Waals surface area contributed by atoms with Crippen LogP contribution in [0, 0.1) is 10.1 Å². The molecule has 0 radical (unpaired) electrons. The number of nitro groups is 1. The van der Waals surface area contributed by atoms with Crippen LogP contribution in [0.15, 0.2) is 53.5 Å². The highest BCUT2D eigenvalue weighted by molar-refractivity contribution is 14.0. The molecule has 0 atom stereocenters. The van der Waals surface area contributed by atoms with Gasteiger partial charge in [-0.2, -0.15) is 13.2 Å². The summed E-state index contributed by atoms with van der Waals surface area (Å²) in [6.45, 7) is 2.77. The Hall–Kier alpha value is -2.37. The second kappa shape index (κ2) is 10.8. The van der Waals surface area contributed by atoms with E-state index in [9.17, 15) is 23.3 Å². The molecule has 0 aromatic heterocycles. The van der Waals surface area contributed by atoms with Crippen LogP contribution < -0.4 is 10.6 Å². The molecule has 2 aromatic rings. The van der Waals surface area contributed by atoms with Crippen molar-refractivity contribution in [1.29, 1.82) is 0 Å². The highest BCUT2D eigenvalue weighted by Gasteiger charge is 2.30. The lowest BCUT2D eigenvalue weighted by Crippen LogP contribution is -2.36. The molecule has 0 aliphatic rings.